The number of ether oxygens (including phenoxy) is 1. The largest absolute Gasteiger partial charge is 0.497 e. The molecule has 110 valence electrons. The van der Waals surface area contributed by atoms with Gasteiger partial charge in [0, 0.05) is 13.0 Å². The highest BCUT2D eigenvalue weighted by Gasteiger charge is 2.21. The molecular formula is C14H19NO5. The average Bonchev–Trinajstić information content (AvgIpc) is 2.45. The summed E-state index contributed by atoms with van der Waals surface area (Å²) in [6, 6.07) is 7.06. The minimum atomic E-state index is -1.01. The first-order chi connectivity index (χ1) is 9.56. The minimum Gasteiger partial charge on any atom is -0.497 e. The molecule has 0 aliphatic heterocycles. The molecule has 1 unspecified atom stereocenters. The van der Waals surface area contributed by atoms with Crippen molar-refractivity contribution in [3.8, 4) is 5.75 Å². The molecule has 1 atom stereocenters. The van der Waals surface area contributed by atoms with Gasteiger partial charge in [-0.25, -0.2) is 0 Å². The van der Waals surface area contributed by atoms with Crippen LogP contribution in [0.25, 0.3) is 0 Å². The van der Waals surface area contributed by atoms with E-state index in [1.54, 1.807) is 31.4 Å². The number of carboxylic acids is 1. The molecule has 20 heavy (non-hydrogen) atoms. The van der Waals surface area contributed by atoms with Crippen LogP contribution in [0.1, 0.15) is 12.0 Å². The zero-order valence-electron chi connectivity index (χ0n) is 11.3. The molecule has 0 spiro atoms. The molecule has 6 heteroatoms. The maximum Gasteiger partial charge on any atom is 0.307 e. The summed E-state index contributed by atoms with van der Waals surface area (Å²) >= 11 is 0. The number of rotatable bonds is 8. The van der Waals surface area contributed by atoms with Gasteiger partial charge in [-0.05, 0) is 24.1 Å². The number of carbonyl (C=O) groups excluding carboxylic acids is 1. The molecule has 0 radical (unpaired) electrons. The first-order valence-electron chi connectivity index (χ1n) is 6.30. The van der Waals surface area contributed by atoms with Gasteiger partial charge in [-0.2, -0.15) is 0 Å². The summed E-state index contributed by atoms with van der Waals surface area (Å²) in [4.78, 5) is 22.7. The molecule has 1 rings (SSSR count). The highest BCUT2D eigenvalue weighted by atomic mass is 16.5. The number of aliphatic hydroxyl groups is 1. The fourth-order valence-electron chi connectivity index (χ4n) is 1.78. The van der Waals surface area contributed by atoms with Crippen LogP contribution in [0.5, 0.6) is 5.75 Å². The van der Waals surface area contributed by atoms with E-state index in [0.717, 1.165) is 5.56 Å². The van der Waals surface area contributed by atoms with Crippen molar-refractivity contribution >= 4 is 11.9 Å². The normalized spacial score (nSPS) is 11.7. The lowest BCUT2D eigenvalue weighted by Crippen LogP contribution is -2.31. The van der Waals surface area contributed by atoms with E-state index < -0.39 is 11.9 Å². The lowest BCUT2D eigenvalue weighted by atomic mass is 9.96. The monoisotopic (exact) mass is 281 g/mol. The number of carboxylic acid groups (broad SMARTS) is 1. The van der Waals surface area contributed by atoms with Crippen LogP contribution in [0.2, 0.25) is 0 Å². The molecule has 0 aromatic heterocycles. The lowest BCUT2D eigenvalue weighted by Gasteiger charge is -2.12. The Balaban J connectivity index is 2.62. The zero-order chi connectivity index (χ0) is 15.0. The van der Waals surface area contributed by atoms with E-state index in [2.05, 4.69) is 5.32 Å². The second kappa shape index (κ2) is 8.16. The van der Waals surface area contributed by atoms with Gasteiger partial charge in [0.25, 0.3) is 0 Å². The molecule has 0 aliphatic rings. The molecule has 1 amide bonds. The van der Waals surface area contributed by atoms with Gasteiger partial charge in [0.15, 0.2) is 0 Å². The standard InChI is InChI=1S/C14H19NO5/c1-20-12-4-2-10(3-5-12)8-11(14(18)19)9-13(17)15-6-7-16/h2-5,11,16H,6-9H2,1H3,(H,15,17)(H,18,19). The molecule has 0 saturated heterocycles. The Morgan fingerprint density at radius 1 is 1.30 bits per heavy atom. The molecular weight excluding hydrogens is 262 g/mol. The average molecular weight is 281 g/mol. The van der Waals surface area contributed by atoms with Gasteiger partial charge < -0.3 is 20.3 Å². The Morgan fingerprint density at radius 3 is 2.45 bits per heavy atom. The molecule has 3 N–H and O–H groups in total. The summed E-state index contributed by atoms with van der Waals surface area (Å²) < 4.78 is 5.03. The van der Waals surface area contributed by atoms with Gasteiger partial charge in [0.1, 0.15) is 5.75 Å². The number of nitrogens with one attached hydrogen (secondary N) is 1. The second-order valence-corrected chi connectivity index (χ2v) is 4.37. The third-order valence-corrected chi connectivity index (χ3v) is 2.86. The van der Waals surface area contributed by atoms with Gasteiger partial charge in [0.05, 0.1) is 19.6 Å². The number of hydrogen-bond acceptors (Lipinski definition) is 4. The first kappa shape index (κ1) is 16.0. The SMILES string of the molecule is COc1ccc(CC(CC(=O)NCCO)C(=O)O)cc1. The molecule has 6 nitrogen and oxygen atoms in total. The van der Waals surface area contributed by atoms with E-state index in [1.165, 1.54) is 0 Å². The first-order valence-corrected chi connectivity index (χ1v) is 6.30. The topological polar surface area (TPSA) is 95.9 Å². The van der Waals surface area contributed by atoms with Gasteiger partial charge in [-0.1, -0.05) is 12.1 Å². The molecule has 0 heterocycles. The maximum atomic E-state index is 11.5. The molecule has 0 aliphatic carbocycles. The summed E-state index contributed by atoms with van der Waals surface area (Å²) in [6.07, 6.45) is 0.160. The Hall–Kier alpha value is -2.08. The fourth-order valence-corrected chi connectivity index (χ4v) is 1.78. The van der Waals surface area contributed by atoms with Crippen molar-refractivity contribution in [2.75, 3.05) is 20.3 Å². The van der Waals surface area contributed by atoms with E-state index in [9.17, 15) is 9.59 Å². The number of aliphatic carboxylic acids is 1. The highest BCUT2D eigenvalue weighted by molar-refractivity contribution is 5.82. The lowest BCUT2D eigenvalue weighted by molar-refractivity contribution is -0.144. The van der Waals surface area contributed by atoms with Crippen molar-refractivity contribution in [2.24, 2.45) is 5.92 Å². The van der Waals surface area contributed by atoms with E-state index in [1.807, 2.05) is 0 Å². The molecule has 0 saturated carbocycles. The number of methoxy groups -OCH3 is 1. The van der Waals surface area contributed by atoms with Gasteiger partial charge in [-0.3, -0.25) is 9.59 Å². The highest BCUT2D eigenvalue weighted by Crippen LogP contribution is 2.16. The van der Waals surface area contributed by atoms with E-state index in [4.69, 9.17) is 14.9 Å². The Kier molecular flexibility index (Phi) is 6.52. The summed E-state index contributed by atoms with van der Waals surface area (Å²) in [5.41, 5.74) is 0.827. The quantitative estimate of drug-likeness (QED) is 0.642. The summed E-state index contributed by atoms with van der Waals surface area (Å²) in [7, 11) is 1.56. The second-order valence-electron chi connectivity index (χ2n) is 4.37. The van der Waals surface area contributed by atoms with Crippen molar-refractivity contribution in [2.45, 2.75) is 12.8 Å². The predicted molar refractivity (Wildman–Crippen MR) is 72.5 cm³/mol. The van der Waals surface area contributed by atoms with Crippen LogP contribution in [-0.4, -0.2) is 42.4 Å². The van der Waals surface area contributed by atoms with Crippen molar-refractivity contribution in [3.05, 3.63) is 29.8 Å². The van der Waals surface area contributed by atoms with Crippen LogP contribution < -0.4 is 10.1 Å². The number of benzene rings is 1. The smallest absolute Gasteiger partial charge is 0.307 e. The van der Waals surface area contributed by atoms with E-state index >= 15 is 0 Å². The third kappa shape index (κ3) is 5.27. The van der Waals surface area contributed by atoms with Crippen LogP contribution >= 0.6 is 0 Å². The maximum absolute atomic E-state index is 11.5. The van der Waals surface area contributed by atoms with Crippen LogP contribution in [-0.2, 0) is 16.0 Å². The van der Waals surface area contributed by atoms with Crippen LogP contribution in [0.4, 0.5) is 0 Å². The Morgan fingerprint density at radius 2 is 1.95 bits per heavy atom. The zero-order valence-corrected chi connectivity index (χ0v) is 11.3. The minimum absolute atomic E-state index is 0.110. The van der Waals surface area contributed by atoms with Crippen molar-refractivity contribution in [1.29, 1.82) is 0 Å². The van der Waals surface area contributed by atoms with Crippen molar-refractivity contribution in [3.63, 3.8) is 0 Å². The van der Waals surface area contributed by atoms with Crippen LogP contribution in [0.3, 0.4) is 0 Å². The molecule has 0 fully saturated rings. The van der Waals surface area contributed by atoms with E-state index in [-0.39, 0.29) is 31.9 Å². The molecule has 1 aromatic rings. The fraction of sp³-hybridized carbons (Fsp3) is 0.429. The van der Waals surface area contributed by atoms with E-state index in [0.29, 0.717) is 5.75 Å². The molecule has 1 aromatic carbocycles. The van der Waals surface area contributed by atoms with Gasteiger partial charge in [-0.15, -0.1) is 0 Å². The number of hydrogen-bond donors (Lipinski definition) is 3. The number of carbonyl (C=O) groups is 2. The van der Waals surface area contributed by atoms with Gasteiger partial charge >= 0.3 is 5.97 Å². The third-order valence-electron chi connectivity index (χ3n) is 2.86. The van der Waals surface area contributed by atoms with Crippen LogP contribution in [0.15, 0.2) is 24.3 Å². The van der Waals surface area contributed by atoms with Gasteiger partial charge in [0.2, 0.25) is 5.91 Å². The summed E-state index contributed by atoms with van der Waals surface area (Å²) in [6.45, 7) is -0.0321. The Labute approximate surface area is 117 Å². The van der Waals surface area contributed by atoms with Crippen LogP contribution in [0, 0.1) is 5.92 Å². The molecule has 0 bridgehead atoms. The summed E-state index contributed by atoms with van der Waals surface area (Å²) in [5, 5.41) is 20.2. The van der Waals surface area contributed by atoms with Crippen molar-refractivity contribution in [1.82, 2.24) is 5.32 Å². The predicted octanol–water partition coefficient (Wildman–Crippen LogP) is 0.437. The number of aliphatic hydroxyl groups excluding tert-OH is 1. The Bertz CT molecular complexity index is 443. The summed E-state index contributed by atoms with van der Waals surface area (Å²) in [5.74, 6) is -1.48. The van der Waals surface area contributed by atoms with Crippen molar-refractivity contribution < 1.29 is 24.5 Å². The number of amides is 1.